The van der Waals surface area contributed by atoms with Crippen molar-refractivity contribution in [2.45, 2.75) is 6.54 Å². The molecule has 0 radical (unpaired) electrons. The molecule has 0 unspecified atom stereocenters. The number of aromatic nitrogens is 1. The predicted molar refractivity (Wildman–Crippen MR) is 161 cm³/mol. The third-order valence-corrected chi connectivity index (χ3v) is 7.19. The molecule has 2 aliphatic heterocycles. The maximum Gasteiger partial charge on any atom is 0.246 e. The van der Waals surface area contributed by atoms with E-state index < -0.39 is 0 Å². The third kappa shape index (κ3) is 4.85. The first-order chi connectivity index (χ1) is 19.2. The van der Waals surface area contributed by atoms with Crippen molar-refractivity contribution in [1.29, 1.82) is 5.26 Å². The standard InChI is InChI=1S/C29H33N9O2/c1-35(2)11-12-36(3)24-14-25(40-5)22(13-21(24)31)33-29-32-10-9-18(15-30)27(34-29)20-16-38-17-26(39)37(4)23-8-6-7-19(20)28(23)38/h6-9,13-14,16H,10-12,17,31H2,1-5H3,(H,32,33). The van der Waals surface area contributed by atoms with Crippen LogP contribution in [-0.4, -0.2) is 82.0 Å². The Morgan fingerprint density at radius 1 is 1.23 bits per heavy atom. The SMILES string of the molecule is COc1cc(N(C)CCN(C)C)c(N)cc1NC1=NCC=C(C#N)C(c2cn3c4c(cccc24)N(C)C(=O)C3)=N1. The van der Waals surface area contributed by atoms with E-state index in [-0.39, 0.29) is 19.0 Å². The number of nitrogens with one attached hydrogen (secondary N) is 1. The van der Waals surface area contributed by atoms with Gasteiger partial charge in [0.2, 0.25) is 11.9 Å². The molecule has 0 bridgehead atoms. The Hall–Kier alpha value is -4.82. The number of anilines is 4. The van der Waals surface area contributed by atoms with Crippen molar-refractivity contribution in [1.82, 2.24) is 9.47 Å². The molecule has 2 aromatic carbocycles. The summed E-state index contributed by atoms with van der Waals surface area (Å²) in [7, 11) is 9.43. The number of methoxy groups -OCH3 is 1. The first-order valence-corrected chi connectivity index (χ1v) is 12.9. The molecule has 3 heterocycles. The van der Waals surface area contributed by atoms with E-state index in [0.717, 1.165) is 40.9 Å². The van der Waals surface area contributed by atoms with Crippen LogP contribution in [0.3, 0.4) is 0 Å². The molecule has 40 heavy (non-hydrogen) atoms. The van der Waals surface area contributed by atoms with Crippen molar-refractivity contribution < 1.29 is 9.53 Å². The molecule has 3 N–H and O–H groups in total. The number of nitrogens with zero attached hydrogens (tertiary/aromatic N) is 7. The minimum Gasteiger partial charge on any atom is -0.494 e. The van der Waals surface area contributed by atoms with Crippen LogP contribution in [-0.2, 0) is 11.3 Å². The van der Waals surface area contributed by atoms with E-state index in [1.54, 1.807) is 25.1 Å². The Labute approximate surface area is 233 Å². The zero-order valence-corrected chi connectivity index (χ0v) is 23.4. The maximum absolute atomic E-state index is 12.6. The lowest BCUT2D eigenvalue weighted by Crippen LogP contribution is -2.33. The lowest BCUT2D eigenvalue weighted by atomic mass is 10.0. The molecule has 0 fully saturated rings. The molecule has 11 nitrogen and oxygen atoms in total. The highest BCUT2D eigenvalue weighted by atomic mass is 16.5. The van der Waals surface area contributed by atoms with E-state index in [9.17, 15) is 10.1 Å². The smallest absolute Gasteiger partial charge is 0.246 e. The Kier molecular flexibility index (Phi) is 7.19. The second-order valence-corrected chi connectivity index (χ2v) is 10.1. The predicted octanol–water partition coefficient (Wildman–Crippen LogP) is 2.93. The summed E-state index contributed by atoms with van der Waals surface area (Å²) in [5, 5.41) is 14.2. The summed E-state index contributed by atoms with van der Waals surface area (Å²) >= 11 is 0. The van der Waals surface area contributed by atoms with Crippen LogP contribution in [0.25, 0.3) is 10.9 Å². The van der Waals surface area contributed by atoms with E-state index in [2.05, 4.69) is 26.2 Å². The molecule has 1 amide bonds. The van der Waals surface area contributed by atoms with Gasteiger partial charge in [0.25, 0.3) is 0 Å². The van der Waals surface area contributed by atoms with Gasteiger partial charge in [-0.15, -0.1) is 0 Å². The van der Waals surface area contributed by atoms with Crippen LogP contribution in [0.4, 0.5) is 22.7 Å². The van der Waals surface area contributed by atoms with E-state index in [4.69, 9.17) is 15.5 Å². The number of nitrogens with two attached hydrogens (primary N) is 1. The fourth-order valence-corrected chi connectivity index (χ4v) is 4.98. The Morgan fingerprint density at radius 3 is 2.75 bits per heavy atom. The summed E-state index contributed by atoms with van der Waals surface area (Å²) in [5.74, 6) is 0.903. The highest BCUT2D eigenvalue weighted by Gasteiger charge is 2.27. The van der Waals surface area contributed by atoms with Crippen LogP contribution in [0.15, 0.2) is 58.2 Å². The number of carbonyl (C=O) groups is 1. The van der Waals surface area contributed by atoms with Gasteiger partial charge in [0.1, 0.15) is 18.4 Å². The van der Waals surface area contributed by atoms with Crippen molar-refractivity contribution in [3.8, 4) is 11.8 Å². The van der Waals surface area contributed by atoms with Crippen LogP contribution in [0, 0.1) is 11.3 Å². The number of likely N-dealkylation sites (N-methyl/N-ethyl adjacent to an activating group) is 3. The summed E-state index contributed by atoms with van der Waals surface area (Å²) in [4.78, 5) is 27.9. The molecule has 0 aliphatic carbocycles. The number of amides is 1. The van der Waals surface area contributed by atoms with Crippen LogP contribution in [0.5, 0.6) is 5.75 Å². The van der Waals surface area contributed by atoms with Crippen molar-refractivity contribution in [3.05, 3.63) is 53.7 Å². The van der Waals surface area contributed by atoms with E-state index in [1.807, 2.05) is 62.2 Å². The molecule has 1 aromatic heterocycles. The number of carbonyl (C=O) groups excluding carboxylic acids is 1. The highest BCUT2D eigenvalue weighted by Crippen LogP contribution is 2.37. The average molecular weight is 540 g/mol. The molecule has 0 saturated heterocycles. The number of ether oxygens (including phenoxy) is 1. The van der Waals surface area contributed by atoms with Gasteiger partial charge in [-0.25, -0.2) is 9.98 Å². The average Bonchev–Trinajstić information content (AvgIpc) is 3.17. The molecule has 206 valence electrons. The van der Waals surface area contributed by atoms with Crippen LogP contribution >= 0.6 is 0 Å². The fraction of sp³-hybridized carbons (Fsp3) is 0.310. The number of nitrogen functional groups attached to an aromatic ring is 1. The quantitative estimate of drug-likeness (QED) is 0.442. The van der Waals surface area contributed by atoms with E-state index in [0.29, 0.717) is 34.4 Å². The molecule has 2 aliphatic rings. The number of aliphatic imine (C=N–C) groups is 2. The number of para-hydroxylation sites is 1. The molecule has 0 atom stereocenters. The molecule has 5 rings (SSSR count). The number of benzene rings is 2. The summed E-state index contributed by atoms with van der Waals surface area (Å²) in [6, 6.07) is 11.8. The van der Waals surface area contributed by atoms with Gasteiger partial charge in [0.05, 0.1) is 53.2 Å². The van der Waals surface area contributed by atoms with Gasteiger partial charge in [-0.3, -0.25) is 4.79 Å². The number of hydrogen-bond donors (Lipinski definition) is 2. The van der Waals surface area contributed by atoms with Crippen molar-refractivity contribution in [2.24, 2.45) is 9.98 Å². The van der Waals surface area contributed by atoms with E-state index >= 15 is 0 Å². The van der Waals surface area contributed by atoms with Gasteiger partial charge in [-0.1, -0.05) is 12.1 Å². The van der Waals surface area contributed by atoms with Gasteiger partial charge in [-0.2, -0.15) is 5.26 Å². The maximum atomic E-state index is 12.6. The second kappa shape index (κ2) is 10.7. The van der Waals surface area contributed by atoms with Gasteiger partial charge in [0.15, 0.2) is 0 Å². The molecular weight excluding hydrogens is 506 g/mol. The van der Waals surface area contributed by atoms with Crippen molar-refractivity contribution in [3.63, 3.8) is 0 Å². The highest BCUT2D eigenvalue weighted by molar-refractivity contribution is 6.26. The molecule has 0 saturated carbocycles. The first kappa shape index (κ1) is 26.8. The third-order valence-electron chi connectivity index (χ3n) is 7.19. The number of allylic oxidation sites excluding steroid dienone is 1. The number of rotatable bonds is 7. The Balaban J connectivity index is 1.53. The summed E-state index contributed by atoms with van der Waals surface area (Å²) in [6.45, 7) is 2.16. The fourth-order valence-electron chi connectivity index (χ4n) is 4.98. The minimum atomic E-state index is -0.00888. The zero-order chi connectivity index (χ0) is 28.6. The largest absolute Gasteiger partial charge is 0.494 e. The number of nitriles is 1. The molecular formula is C29H33N9O2. The lowest BCUT2D eigenvalue weighted by molar-refractivity contribution is -0.119. The van der Waals surface area contributed by atoms with Crippen LogP contribution < -0.4 is 25.6 Å². The summed E-state index contributed by atoms with van der Waals surface area (Å²) in [6.07, 6.45) is 3.65. The van der Waals surface area contributed by atoms with Gasteiger partial charge >= 0.3 is 0 Å². The topological polar surface area (TPSA) is 128 Å². The van der Waals surface area contributed by atoms with E-state index in [1.165, 1.54) is 0 Å². The first-order valence-electron chi connectivity index (χ1n) is 12.9. The minimum absolute atomic E-state index is 0.00888. The second-order valence-electron chi connectivity index (χ2n) is 10.1. The molecule has 3 aromatic rings. The van der Waals surface area contributed by atoms with Gasteiger partial charge < -0.3 is 35.1 Å². The lowest BCUT2D eigenvalue weighted by Gasteiger charge is -2.24. The van der Waals surface area contributed by atoms with Crippen molar-refractivity contribution >= 4 is 51.2 Å². The molecule has 11 heteroatoms. The van der Waals surface area contributed by atoms with Crippen LogP contribution in [0.1, 0.15) is 5.56 Å². The van der Waals surface area contributed by atoms with Crippen molar-refractivity contribution in [2.75, 3.05) is 75.8 Å². The van der Waals surface area contributed by atoms with Crippen LogP contribution in [0.2, 0.25) is 0 Å². The number of guanidine groups is 1. The van der Waals surface area contributed by atoms with Gasteiger partial charge in [0, 0.05) is 50.4 Å². The summed E-state index contributed by atoms with van der Waals surface area (Å²) < 4.78 is 7.62. The number of hydrogen-bond acceptors (Lipinski definition) is 9. The van der Waals surface area contributed by atoms with Gasteiger partial charge in [-0.05, 0) is 32.3 Å². The Morgan fingerprint density at radius 2 is 2.02 bits per heavy atom. The normalized spacial score (nSPS) is 14.9. The Bertz CT molecular complexity index is 1620. The molecule has 0 spiro atoms. The summed E-state index contributed by atoms with van der Waals surface area (Å²) in [5.41, 5.74) is 11.9. The monoisotopic (exact) mass is 539 g/mol. The zero-order valence-electron chi connectivity index (χ0n) is 23.4.